The van der Waals surface area contributed by atoms with Crippen LogP contribution in [0.2, 0.25) is 0 Å². The van der Waals surface area contributed by atoms with Gasteiger partial charge in [0, 0.05) is 18.7 Å². The van der Waals surface area contributed by atoms with E-state index in [9.17, 15) is 0 Å². The number of hydrogen-bond acceptors (Lipinski definition) is 2. The van der Waals surface area contributed by atoms with Crippen LogP contribution >= 0.6 is 0 Å². The van der Waals surface area contributed by atoms with E-state index in [1.807, 2.05) is 0 Å². The Morgan fingerprint density at radius 3 is 2.06 bits per heavy atom. The lowest BCUT2D eigenvalue weighted by Crippen LogP contribution is -2.44. The fourth-order valence-electron chi connectivity index (χ4n) is 1.99. The minimum Gasteiger partial charge on any atom is -0.380 e. The molecule has 2 nitrogen and oxygen atoms in total. The number of ether oxygens (including phenoxy) is 1. The van der Waals surface area contributed by atoms with Gasteiger partial charge in [-0.1, -0.05) is 41.0 Å². The Morgan fingerprint density at radius 2 is 1.65 bits per heavy atom. The van der Waals surface area contributed by atoms with E-state index in [1.165, 1.54) is 19.3 Å². The highest BCUT2D eigenvalue weighted by Crippen LogP contribution is 2.14. The monoisotopic (exact) mass is 243 g/mol. The maximum atomic E-state index is 5.57. The third-order valence-electron chi connectivity index (χ3n) is 3.63. The average molecular weight is 243 g/mol. The van der Waals surface area contributed by atoms with E-state index in [0.29, 0.717) is 18.0 Å². The summed E-state index contributed by atoms with van der Waals surface area (Å²) in [6.07, 6.45) is 3.76. The molecule has 0 aromatic rings. The van der Waals surface area contributed by atoms with Crippen LogP contribution in [0.1, 0.15) is 60.8 Å². The van der Waals surface area contributed by atoms with Crippen molar-refractivity contribution >= 4 is 0 Å². The lowest BCUT2D eigenvalue weighted by molar-refractivity contribution is 0.101. The first-order chi connectivity index (χ1) is 8.04. The van der Waals surface area contributed by atoms with E-state index in [-0.39, 0.29) is 0 Å². The number of hydrogen-bond donors (Lipinski definition) is 1. The minimum atomic E-state index is 0.490. The van der Waals surface area contributed by atoms with E-state index in [2.05, 4.69) is 46.9 Å². The summed E-state index contributed by atoms with van der Waals surface area (Å²) in [5.74, 6) is 1.44. The summed E-state index contributed by atoms with van der Waals surface area (Å²) in [5, 5.41) is 3.78. The quantitative estimate of drug-likeness (QED) is 0.629. The van der Waals surface area contributed by atoms with Crippen molar-refractivity contribution in [2.24, 2.45) is 11.8 Å². The van der Waals surface area contributed by atoms with Gasteiger partial charge in [-0.2, -0.15) is 0 Å². The maximum absolute atomic E-state index is 5.57. The predicted octanol–water partition coefficient (Wildman–Crippen LogP) is 3.85. The topological polar surface area (TPSA) is 21.3 Å². The molecule has 0 aliphatic carbocycles. The molecule has 0 rings (SSSR count). The molecule has 0 heterocycles. The molecule has 3 atom stereocenters. The Labute approximate surface area is 109 Å². The fourth-order valence-corrected chi connectivity index (χ4v) is 1.99. The smallest absolute Gasteiger partial charge is 0.0622 e. The normalized spacial score (nSPS) is 17.1. The molecule has 104 valence electrons. The average Bonchev–Trinajstić information content (AvgIpc) is 2.32. The van der Waals surface area contributed by atoms with Gasteiger partial charge in [-0.3, -0.25) is 0 Å². The number of nitrogens with one attached hydrogen (secondary N) is 1. The summed E-state index contributed by atoms with van der Waals surface area (Å²) < 4.78 is 5.57. The van der Waals surface area contributed by atoms with Crippen LogP contribution in [-0.4, -0.2) is 25.3 Å². The predicted molar refractivity (Wildman–Crippen MR) is 76.4 cm³/mol. The zero-order valence-electron chi connectivity index (χ0n) is 12.8. The van der Waals surface area contributed by atoms with Crippen LogP contribution in [0.3, 0.4) is 0 Å². The first-order valence-electron chi connectivity index (χ1n) is 7.38. The zero-order chi connectivity index (χ0) is 13.3. The summed E-state index contributed by atoms with van der Waals surface area (Å²) in [6.45, 7) is 15.2. The Hall–Kier alpha value is -0.0800. The molecule has 0 fully saturated rings. The molecule has 0 bridgehead atoms. The summed E-state index contributed by atoms with van der Waals surface area (Å²) in [5.41, 5.74) is 0. The number of rotatable bonds is 10. The lowest BCUT2D eigenvalue weighted by atomic mass is 9.95. The lowest BCUT2D eigenvalue weighted by Gasteiger charge is -2.29. The summed E-state index contributed by atoms with van der Waals surface area (Å²) in [6, 6.07) is 1.13. The molecule has 17 heavy (non-hydrogen) atoms. The Bertz CT molecular complexity index is 170. The SMILES string of the molecule is CCOCC(NC(CC)CC(C)CC)C(C)C. The molecule has 3 unspecified atom stereocenters. The molecule has 0 radical (unpaired) electrons. The van der Waals surface area contributed by atoms with Crippen molar-refractivity contribution in [2.75, 3.05) is 13.2 Å². The highest BCUT2D eigenvalue weighted by atomic mass is 16.5. The zero-order valence-corrected chi connectivity index (χ0v) is 12.8. The van der Waals surface area contributed by atoms with Crippen molar-refractivity contribution in [3.8, 4) is 0 Å². The van der Waals surface area contributed by atoms with Gasteiger partial charge in [0.25, 0.3) is 0 Å². The van der Waals surface area contributed by atoms with Gasteiger partial charge < -0.3 is 10.1 Å². The van der Waals surface area contributed by atoms with Gasteiger partial charge in [-0.25, -0.2) is 0 Å². The molecule has 0 aliphatic heterocycles. The van der Waals surface area contributed by atoms with E-state index < -0.39 is 0 Å². The molecule has 2 heteroatoms. The van der Waals surface area contributed by atoms with E-state index in [4.69, 9.17) is 4.74 Å². The molecule has 0 amide bonds. The Morgan fingerprint density at radius 1 is 1.00 bits per heavy atom. The molecule has 0 saturated heterocycles. The first-order valence-corrected chi connectivity index (χ1v) is 7.38. The van der Waals surface area contributed by atoms with Crippen molar-refractivity contribution < 1.29 is 4.74 Å². The van der Waals surface area contributed by atoms with Gasteiger partial charge >= 0.3 is 0 Å². The van der Waals surface area contributed by atoms with Crippen LogP contribution in [0.25, 0.3) is 0 Å². The van der Waals surface area contributed by atoms with Crippen LogP contribution in [0.15, 0.2) is 0 Å². The largest absolute Gasteiger partial charge is 0.380 e. The van der Waals surface area contributed by atoms with Crippen LogP contribution in [-0.2, 0) is 4.74 Å². The second-order valence-electron chi connectivity index (χ2n) is 5.53. The van der Waals surface area contributed by atoms with Gasteiger partial charge in [0.1, 0.15) is 0 Å². The van der Waals surface area contributed by atoms with Gasteiger partial charge in [-0.05, 0) is 31.6 Å². The van der Waals surface area contributed by atoms with Crippen molar-refractivity contribution in [2.45, 2.75) is 72.9 Å². The van der Waals surface area contributed by atoms with Crippen LogP contribution in [0, 0.1) is 11.8 Å². The summed E-state index contributed by atoms with van der Waals surface area (Å²) >= 11 is 0. The molecular weight excluding hydrogens is 210 g/mol. The van der Waals surface area contributed by atoms with Gasteiger partial charge in [0.2, 0.25) is 0 Å². The summed E-state index contributed by atoms with van der Waals surface area (Å²) in [7, 11) is 0. The maximum Gasteiger partial charge on any atom is 0.0622 e. The third kappa shape index (κ3) is 7.77. The second-order valence-corrected chi connectivity index (χ2v) is 5.53. The highest BCUT2D eigenvalue weighted by Gasteiger charge is 2.18. The summed E-state index contributed by atoms with van der Waals surface area (Å²) in [4.78, 5) is 0. The molecule has 0 aromatic heterocycles. The van der Waals surface area contributed by atoms with Crippen molar-refractivity contribution in [3.05, 3.63) is 0 Å². The van der Waals surface area contributed by atoms with Crippen molar-refractivity contribution in [1.82, 2.24) is 5.32 Å². The highest BCUT2D eigenvalue weighted by molar-refractivity contribution is 4.77. The van der Waals surface area contributed by atoms with Crippen LogP contribution < -0.4 is 5.32 Å². The third-order valence-corrected chi connectivity index (χ3v) is 3.63. The molecule has 1 N–H and O–H groups in total. The van der Waals surface area contributed by atoms with E-state index in [1.54, 1.807) is 0 Å². The molecule has 0 saturated carbocycles. The Kier molecular flexibility index (Phi) is 9.85. The standard InChI is InChI=1S/C15H33NO/c1-7-13(6)10-14(8-2)16-15(12(4)5)11-17-9-3/h12-16H,7-11H2,1-6H3. The van der Waals surface area contributed by atoms with Gasteiger partial charge in [0.15, 0.2) is 0 Å². The van der Waals surface area contributed by atoms with Crippen molar-refractivity contribution in [1.29, 1.82) is 0 Å². The molecule has 0 aromatic carbocycles. The van der Waals surface area contributed by atoms with Crippen molar-refractivity contribution in [3.63, 3.8) is 0 Å². The van der Waals surface area contributed by atoms with E-state index in [0.717, 1.165) is 19.1 Å². The first kappa shape index (κ1) is 16.9. The molecular formula is C15H33NO. The Balaban J connectivity index is 4.17. The van der Waals surface area contributed by atoms with E-state index >= 15 is 0 Å². The van der Waals surface area contributed by atoms with Gasteiger partial charge in [-0.15, -0.1) is 0 Å². The minimum absolute atomic E-state index is 0.490. The second kappa shape index (κ2) is 9.90. The molecule has 0 spiro atoms. The van der Waals surface area contributed by atoms with Crippen LogP contribution in [0.4, 0.5) is 0 Å². The van der Waals surface area contributed by atoms with Gasteiger partial charge in [0.05, 0.1) is 6.61 Å². The molecule has 0 aliphatic rings. The fraction of sp³-hybridized carbons (Fsp3) is 1.00. The van der Waals surface area contributed by atoms with Crippen LogP contribution in [0.5, 0.6) is 0 Å².